The first-order chi connectivity index (χ1) is 20.3. The summed E-state index contributed by atoms with van der Waals surface area (Å²) in [7, 11) is 0. The molecule has 0 fully saturated rings. The highest BCUT2D eigenvalue weighted by molar-refractivity contribution is 5.80. The number of fused-ring (bicyclic) bond motifs is 1. The van der Waals surface area contributed by atoms with Gasteiger partial charge in [0.2, 0.25) is 5.91 Å². The van der Waals surface area contributed by atoms with Gasteiger partial charge in [0.15, 0.2) is 0 Å². The first-order valence-corrected chi connectivity index (χ1v) is 14.9. The number of hydrogen-bond donors (Lipinski definition) is 1. The molecule has 42 heavy (non-hydrogen) atoms. The Kier molecular flexibility index (Phi) is 9.06. The number of aromatic nitrogens is 2. The number of imidazole rings is 1. The normalized spacial score (nSPS) is 12.3. The van der Waals surface area contributed by atoms with Gasteiger partial charge in [-0.1, -0.05) is 99.6 Å². The van der Waals surface area contributed by atoms with E-state index in [1.54, 1.807) is 0 Å². The quantitative estimate of drug-likeness (QED) is 0.166. The molecule has 4 aromatic carbocycles. The molecule has 0 saturated carbocycles. The fraction of sp³-hybridized carbons (Fsp3) is 0.297. The van der Waals surface area contributed by atoms with Gasteiger partial charge in [-0.25, -0.2) is 4.98 Å². The first-order valence-electron chi connectivity index (χ1n) is 14.9. The van der Waals surface area contributed by atoms with Crippen molar-refractivity contribution in [2.75, 3.05) is 6.61 Å². The van der Waals surface area contributed by atoms with Crippen LogP contribution in [0.15, 0.2) is 103 Å². The molecule has 0 saturated heterocycles. The molecule has 5 nitrogen and oxygen atoms in total. The zero-order chi connectivity index (χ0) is 29.5. The van der Waals surface area contributed by atoms with Gasteiger partial charge in [0, 0.05) is 6.54 Å². The van der Waals surface area contributed by atoms with Gasteiger partial charge in [0.1, 0.15) is 11.6 Å². The summed E-state index contributed by atoms with van der Waals surface area (Å²) >= 11 is 0. The van der Waals surface area contributed by atoms with Gasteiger partial charge >= 0.3 is 0 Å². The first kappa shape index (κ1) is 29.1. The minimum atomic E-state index is -0.217. The van der Waals surface area contributed by atoms with Gasteiger partial charge in [-0.2, -0.15) is 0 Å². The van der Waals surface area contributed by atoms with Crippen LogP contribution >= 0.6 is 0 Å². The standard InChI is InChI=1S/C37H41N3O2/c1-27(38-35(41)26-28-16-18-30(19-17-28)29-12-6-5-7-13-29)36-39-33-14-8-9-15-34(33)40(36)24-10-11-25-42-32-22-20-31(21-23-32)37(2,3)4/h5-9,12-23,27H,10-11,24-26H2,1-4H3,(H,38,41). The van der Waals surface area contributed by atoms with Crippen LogP contribution in [0.25, 0.3) is 22.2 Å². The average molecular weight is 560 g/mol. The van der Waals surface area contributed by atoms with E-state index >= 15 is 0 Å². The molecule has 5 aromatic rings. The van der Waals surface area contributed by atoms with Crippen molar-refractivity contribution >= 4 is 16.9 Å². The van der Waals surface area contributed by atoms with E-state index in [9.17, 15) is 4.79 Å². The molecule has 216 valence electrons. The van der Waals surface area contributed by atoms with Crippen LogP contribution < -0.4 is 10.1 Å². The lowest BCUT2D eigenvalue weighted by molar-refractivity contribution is -0.121. The second-order valence-corrected chi connectivity index (χ2v) is 12.0. The van der Waals surface area contributed by atoms with Crippen molar-refractivity contribution in [1.82, 2.24) is 14.9 Å². The number of amides is 1. The van der Waals surface area contributed by atoms with Crippen LogP contribution in [0.1, 0.15) is 63.5 Å². The number of para-hydroxylation sites is 2. The summed E-state index contributed by atoms with van der Waals surface area (Å²) in [4.78, 5) is 17.9. The third-order valence-corrected chi connectivity index (χ3v) is 7.64. The Morgan fingerprint density at radius 2 is 1.50 bits per heavy atom. The molecule has 5 rings (SSSR count). The molecule has 0 bridgehead atoms. The second kappa shape index (κ2) is 13.1. The molecule has 0 radical (unpaired) electrons. The number of nitrogens with one attached hydrogen (secondary N) is 1. The molecular formula is C37H41N3O2. The summed E-state index contributed by atoms with van der Waals surface area (Å²) in [6.45, 7) is 10.1. The molecule has 1 unspecified atom stereocenters. The Hall–Kier alpha value is -4.38. The van der Waals surface area contributed by atoms with Gasteiger partial charge in [-0.15, -0.1) is 0 Å². The van der Waals surface area contributed by atoms with Crippen molar-refractivity contribution < 1.29 is 9.53 Å². The number of hydrogen-bond acceptors (Lipinski definition) is 3. The number of nitrogens with zero attached hydrogens (tertiary/aromatic N) is 2. The van der Waals surface area contributed by atoms with E-state index in [4.69, 9.17) is 9.72 Å². The minimum Gasteiger partial charge on any atom is -0.494 e. The molecule has 1 amide bonds. The van der Waals surface area contributed by atoms with E-state index in [1.807, 2.05) is 55.5 Å². The summed E-state index contributed by atoms with van der Waals surface area (Å²) in [6, 6.07) is 34.8. The molecular weight excluding hydrogens is 518 g/mol. The number of aryl methyl sites for hydroxylation is 1. The Morgan fingerprint density at radius 1 is 0.833 bits per heavy atom. The van der Waals surface area contributed by atoms with Crippen LogP contribution in [0.2, 0.25) is 0 Å². The zero-order valence-electron chi connectivity index (χ0n) is 25.1. The average Bonchev–Trinajstić information content (AvgIpc) is 3.36. The number of benzene rings is 4. The Labute approximate surface area is 249 Å². The predicted octanol–water partition coefficient (Wildman–Crippen LogP) is 8.28. The third-order valence-electron chi connectivity index (χ3n) is 7.64. The maximum atomic E-state index is 13.0. The SMILES string of the molecule is CC(NC(=O)Cc1ccc(-c2ccccc2)cc1)c1nc2ccccc2n1CCCCOc1ccc(C(C)(C)C)cc1. The van der Waals surface area contributed by atoms with Crippen LogP contribution in [0.4, 0.5) is 0 Å². The lowest BCUT2D eigenvalue weighted by atomic mass is 9.87. The van der Waals surface area contributed by atoms with Crippen LogP contribution in [0.3, 0.4) is 0 Å². The molecule has 0 aliphatic rings. The van der Waals surface area contributed by atoms with Crippen LogP contribution in [-0.2, 0) is 23.2 Å². The molecule has 1 heterocycles. The van der Waals surface area contributed by atoms with Crippen molar-refractivity contribution in [3.05, 3.63) is 120 Å². The van der Waals surface area contributed by atoms with Crippen LogP contribution in [0, 0.1) is 0 Å². The Bertz CT molecular complexity index is 1600. The second-order valence-electron chi connectivity index (χ2n) is 12.0. The molecule has 5 heteroatoms. The van der Waals surface area contributed by atoms with Gasteiger partial charge < -0.3 is 14.6 Å². The summed E-state index contributed by atoms with van der Waals surface area (Å²) < 4.78 is 8.26. The van der Waals surface area contributed by atoms with Crippen molar-refractivity contribution in [1.29, 1.82) is 0 Å². The van der Waals surface area contributed by atoms with E-state index in [2.05, 4.69) is 85.3 Å². The maximum Gasteiger partial charge on any atom is 0.224 e. The molecule has 0 spiro atoms. The maximum absolute atomic E-state index is 13.0. The van der Waals surface area contributed by atoms with E-state index in [1.165, 1.54) is 11.1 Å². The highest BCUT2D eigenvalue weighted by Gasteiger charge is 2.19. The van der Waals surface area contributed by atoms with Gasteiger partial charge in [0.25, 0.3) is 0 Å². The third kappa shape index (κ3) is 7.27. The van der Waals surface area contributed by atoms with E-state index in [0.717, 1.165) is 53.1 Å². The lowest BCUT2D eigenvalue weighted by Gasteiger charge is -2.19. The minimum absolute atomic E-state index is 0.0144. The van der Waals surface area contributed by atoms with Crippen molar-refractivity contribution in [2.24, 2.45) is 0 Å². The molecule has 0 aliphatic carbocycles. The van der Waals surface area contributed by atoms with Gasteiger partial charge in [0.05, 0.1) is 30.1 Å². The van der Waals surface area contributed by atoms with Crippen molar-refractivity contribution in [3.63, 3.8) is 0 Å². The topological polar surface area (TPSA) is 56.2 Å². The zero-order valence-corrected chi connectivity index (χ0v) is 25.1. The Balaban J connectivity index is 1.17. The highest BCUT2D eigenvalue weighted by atomic mass is 16.5. The van der Waals surface area contributed by atoms with E-state index in [0.29, 0.717) is 13.0 Å². The largest absolute Gasteiger partial charge is 0.494 e. The summed E-state index contributed by atoms with van der Waals surface area (Å²) in [6.07, 6.45) is 2.20. The summed E-state index contributed by atoms with van der Waals surface area (Å²) in [5.41, 5.74) is 6.77. The summed E-state index contributed by atoms with van der Waals surface area (Å²) in [5, 5.41) is 3.18. The highest BCUT2D eigenvalue weighted by Crippen LogP contribution is 2.25. The molecule has 1 atom stereocenters. The van der Waals surface area contributed by atoms with E-state index in [-0.39, 0.29) is 17.4 Å². The van der Waals surface area contributed by atoms with E-state index < -0.39 is 0 Å². The van der Waals surface area contributed by atoms with Gasteiger partial charge in [-0.05, 0) is 71.7 Å². The number of unbranched alkanes of at least 4 members (excludes halogenated alkanes) is 1. The Morgan fingerprint density at radius 3 is 2.21 bits per heavy atom. The fourth-order valence-electron chi connectivity index (χ4n) is 5.26. The van der Waals surface area contributed by atoms with Crippen molar-refractivity contribution in [2.45, 2.75) is 65.0 Å². The summed E-state index contributed by atoms with van der Waals surface area (Å²) in [5.74, 6) is 1.77. The monoisotopic (exact) mass is 559 g/mol. The molecule has 0 aliphatic heterocycles. The smallest absolute Gasteiger partial charge is 0.224 e. The van der Waals surface area contributed by atoms with Gasteiger partial charge in [-0.3, -0.25) is 4.79 Å². The number of carbonyl (C=O) groups is 1. The van der Waals surface area contributed by atoms with Crippen LogP contribution in [0.5, 0.6) is 5.75 Å². The van der Waals surface area contributed by atoms with Crippen molar-refractivity contribution in [3.8, 4) is 16.9 Å². The fourth-order valence-corrected chi connectivity index (χ4v) is 5.26. The number of ether oxygens (including phenoxy) is 1. The molecule has 1 aromatic heterocycles. The van der Waals surface area contributed by atoms with Crippen LogP contribution in [-0.4, -0.2) is 22.1 Å². The number of rotatable bonds is 11. The predicted molar refractivity (Wildman–Crippen MR) is 172 cm³/mol. The molecule has 1 N–H and O–H groups in total. The number of carbonyl (C=O) groups excluding carboxylic acids is 1. The lowest BCUT2D eigenvalue weighted by Crippen LogP contribution is -2.30.